The van der Waals surface area contributed by atoms with Gasteiger partial charge in [-0.05, 0) is 29.1 Å². The van der Waals surface area contributed by atoms with E-state index in [2.05, 4.69) is 6.07 Å². The second-order valence-corrected chi connectivity index (χ2v) is 4.93. The van der Waals surface area contributed by atoms with Crippen molar-refractivity contribution in [2.45, 2.75) is 5.92 Å². The summed E-state index contributed by atoms with van der Waals surface area (Å²) in [6.07, 6.45) is 0. The normalized spacial score (nSPS) is 11.4. The quantitative estimate of drug-likeness (QED) is 0.792. The summed E-state index contributed by atoms with van der Waals surface area (Å²) in [5.41, 5.74) is 0.647. The van der Waals surface area contributed by atoms with E-state index in [4.69, 9.17) is 9.47 Å². The van der Waals surface area contributed by atoms with Gasteiger partial charge < -0.3 is 9.47 Å². The van der Waals surface area contributed by atoms with Gasteiger partial charge in [-0.15, -0.1) is 11.3 Å². The third kappa shape index (κ3) is 2.65. The van der Waals surface area contributed by atoms with Crippen molar-refractivity contribution < 1.29 is 14.3 Å². The Hall–Kier alpha value is -2.32. The van der Waals surface area contributed by atoms with Crippen LogP contribution < -0.4 is 9.47 Å². The van der Waals surface area contributed by atoms with Crippen LogP contribution in [0.5, 0.6) is 11.5 Å². The predicted octanol–water partition coefficient (Wildman–Crippen LogP) is 3.26. The highest BCUT2D eigenvalue weighted by Gasteiger charge is 2.25. The molecule has 0 saturated heterocycles. The zero-order chi connectivity index (χ0) is 14.5. The van der Waals surface area contributed by atoms with Crippen LogP contribution in [0.2, 0.25) is 0 Å². The summed E-state index contributed by atoms with van der Waals surface area (Å²) in [7, 11) is 3.08. The number of Topliss-reactive ketones (excluding diaryl/α,β-unsaturated/α-hetero) is 1. The highest BCUT2D eigenvalue weighted by Crippen LogP contribution is 2.31. The molecule has 0 aliphatic rings. The van der Waals surface area contributed by atoms with Crippen molar-refractivity contribution in [3.63, 3.8) is 0 Å². The summed E-state index contributed by atoms with van der Waals surface area (Å²) < 4.78 is 10.2. The molecule has 0 amide bonds. The molecule has 0 fully saturated rings. The van der Waals surface area contributed by atoms with Crippen LogP contribution in [0.4, 0.5) is 0 Å². The minimum atomic E-state index is -0.839. The number of ether oxygens (including phenoxy) is 2. The van der Waals surface area contributed by atoms with Gasteiger partial charge in [-0.25, -0.2) is 0 Å². The number of carbonyl (C=O) groups is 1. The number of nitrogens with zero attached hydrogens (tertiary/aromatic N) is 1. The number of nitriles is 1. The van der Waals surface area contributed by atoms with Crippen molar-refractivity contribution in [1.82, 2.24) is 0 Å². The number of hydrogen-bond acceptors (Lipinski definition) is 5. The lowest BCUT2D eigenvalue weighted by molar-refractivity contribution is 0.0980. The van der Waals surface area contributed by atoms with E-state index in [1.165, 1.54) is 18.4 Å². The maximum atomic E-state index is 12.4. The summed E-state index contributed by atoms with van der Waals surface area (Å²) in [6, 6.07) is 10.7. The summed E-state index contributed by atoms with van der Waals surface area (Å²) in [5.74, 6) is 0.110. The molecule has 102 valence electrons. The van der Waals surface area contributed by atoms with E-state index < -0.39 is 5.92 Å². The minimum absolute atomic E-state index is 0.246. The van der Waals surface area contributed by atoms with E-state index in [1.54, 1.807) is 42.8 Å². The zero-order valence-corrected chi connectivity index (χ0v) is 11.9. The fourth-order valence-electron chi connectivity index (χ4n) is 1.85. The van der Waals surface area contributed by atoms with Crippen LogP contribution in [0, 0.1) is 11.3 Å². The Morgan fingerprint density at radius 3 is 2.45 bits per heavy atom. The first kappa shape index (κ1) is 14.1. The first-order chi connectivity index (χ1) is 9.71. The third-order valence-corrected chi connectivity index (χ3v) is 3.82. The van der Waals surface area contributed by atoms with E-state index >= 15 is 0 Å². The van der Waals surface area contributed by atoms with Crippen LogP contribution in [0.1, 0.15) is 21.2 Å². The number of ketones is 1. The molecule has 20 heavy (non-hydrogen) atoms. The topological polar surface area (TPSA) is 59.3 Å². The molecule has 1 atom stereocenters. The van der Waals surface area contributed by atoms with Crippen LogP contribution in [0.25, 0.3) is 0 Å². The van der Waals surface area contributed by atoms with Crippen molar-refractivity contribution in [3.05, 3.63) is 46.2 Å². The van der Waals surface area contributed by atoms with Crippen molar-refractivity contribution >= 4 is 17.1 Å². The van der Waals surface area contributed by atoms with Gasteiger partial charge in [-0.1, -0.05) is 12.1 Å². The molecule has 4 nitrogen and oxygen atoms in total. The third-order valence-electron chi connectivity index (χ3n) is 2.91. The number of carbonyl (C=O) groups excluding carboxylic acids is 1. The second-order valence-electron chi connectivity index (χ2n) is 4.02. The Morgan fingerprint density at radius 2 is 1.90 bits per heavy atom. The number of methoxy groups -OCH3 is 2. The molecular formula is C15H13NO3S. The lowest BCUT2D eigenvalue weighted by atomic mass is 9.95. The number of thiophene rings is 1. The molecule has 1 heterocycles. The molecule has 2 aromatic rings. The van der Waals surface area contributed by atoms with E-state index in [-0.39, 0.29) is 5.78 Å². The molecule has 1 aromatic heterocycles. The molecule has 1 unspecified atom stereocenters. The predicted molar refractivity (Wildman–Crippen MR) is 76.5 cm³/mol. The largest absolute Gasteiger partial charge is 0.497 e. The molecule has 0 spiro atoms. The first-order valence-corrected chi connectivity index (χ1v) is 6.78. The van der Waals surface area contributed by atoms with Crippen LogP contribution in [0.15, 0.2) is 35.7 Å². The Kier molecular flexibility index (Phi) is 4.38. The van der Waals surface area contributed by atoms with Crippen molar-refractivity contribution in [1.29, 1.82) is 5.26 Å². The van der Waals surface area contributed by atoms with Gasteiger partial charge in [0.15, 0.2) is 5.78 Å². The zero-order valence-electron chi connectivity index (χ0n) is 11.1. The molecule has 0 aliphatic carbocycles. The molecule has 0 radical (unpaired) electrons. The van der Waals surface area contributed by atoms with Gasteiger partial charge in [0.05, 0.1) is 20.3 Å². The van der Waals surface area contributed by atoms with Gasteiger partial charge in [0.2, 0.25) is 0 Å². The highest BCUT2D eigenvalue weighted by molar-refractivity contribution is 7.12. The SMILES string of the molecule is COc1ccc(C(C#N)C(=O)c2sccc2OC)cc1. The first-order valence-electron chi connectivity index (χ1n) is 5.90. The van der Waals surface area contributed by atoms with Crippen LogP contribution in [-0.2, 0) is 0 Å². The fraction of sp³-hybridized carbons (Fsp3) is 0.200. The van der Waals surface area contributed by atoms with Crippen molar-refractivity contribution in [2.75, 3.05) is 14.2 Å². The number of benzene rings is 1. The van der Waals surface area contributed by atoms with Crippen LogP contribution in [-0.4, -0.2) is 20.0 Å². The summed E-state index contributed by atoms with van der Waals surface area (Å²) >= 11 is 1.28. The molecule has 0 bridgehead atoms. The number of rotatable bonds is 5. The monoisotopic (exact) mass is 287 g/mol. The van der Waals surface area contributed by atoms with E-state index in [0.29, 0.717) is 21.9 Å². The van der Waals surface area contributed by atoms with Crippen molar-refractivity contribution in [2.24, 2.45) is 0 Å². The molecule has 1 aromatic carbocycles. The molecule has 5 heteroatoms. The maximum absolute atomic E-state index is 12.4. The Morgan fingerprint density at radius 1 is 1.20 bits per heavy atom. The van der Waals surface area contributed by atoms with E-state index in [0.717, 1.165) is 0 Å². The Bertz CT molecular complexity index is 640. The molecule has 0 N–H and O–H groups in total. The minimum Gasteiger partial charge on any atom is -0.497 e. The maximum Gasteiger partial charge on any atom is 0.198 e. The average molecular weight is 287 g/mol. The van der Waals surface area contributed by atoms with Gasteiger partial charge in [0.25, 0.3) is 0 Å². The van der Waals surface area contributed by atoms with Crippen LogP contribution >= 0.6 is 11.3 Å². The van der Waals surface area contributed by atoms with Crippen molar-refractivity contribution in [3.8, 4) is 17.6 Å². The van der Waals surface area contributed by atoms with Gasteiger partial charge in [0.1, 0.15) is 22.3 Å². The van der Waals surface area contributed by atoms with E-state index in [9.17, 15) is 10.1 Å². The molecular weight excluding hydrogens is 274 g/mol. The fourth-order valence-corrected chi connectivity index (χ4v) is 2.68. The number of hydrogen-bond donors (Lipinski definition) is 0. The van der Waals surface area contributed by atoms with E-state index in [1.807, 2.05) is 0 Å². The summed E-state index contributed by atoms with van der Waals surface area (Å²) in [5, 5.41) is 11.1. The smallest absolute Gasteiger partial charge is 0.198 e. The molecule has 0 aliphatic heterocycles. The Balaban J connectivity index is 2.32. The highest BCUT2D eigenvalue weighted by atomic mass is 32.1. The van der Waals surface area contributed by atoms with Gasteiger partial charge in [0, 0.05) is 0 Å². The average Bonchev–Trinajstić information content (AvgIpc) is 2.97. The standard InChI is InChI=1S/C15H13NO3S/c1-18-11-5-3-10(4-6-11)12(9-16)14(17)15-13(19-2)7-8-20-15/h3-8,12H,1-2H3. The molecule has 2 rings (SSSR count). The van der Waals surface area contributed by atoms with Gasteiger partial charge in [-0.3, -0.25) is 4.79 Å². The molecule has 0 saturated carbocycles. The second kappa shape index (κ2) is 6.22. The summed E-state index contributed by atoms with van der Waals surface area (Å²) in [4.78, 5) is 12.9. The van der Waals surface area contributed by atoms with Crippen LogP contribution in [0.3, 0.4) is 0 Å². The Labute approximate surface area is 121 Å². The lowest BCUT2D eigenvalue weighted by Gasteiger charge is -2.09. The lowest BCUT2D eigenvalue weighted by Crippen LogP contribution is -2.10. The van der Waals surface area contributed by atoms with Gasteiger partial charge >= 0.3 is 0 Å². The van der Waals surface area contributed by atoms with Gasteiger partial charge in [-0.2, -0.15) is 5.26 Å². The summed E-state index contributed by atoms with van der Waals surface area (Å²) in [6.45, 7) is 0.